The van der Waals surface area contributed by atoms with Crippen molar-refractivity contribution in [2.45, 2.75) is 31.9 Å². The predicted octanol–water partition coefficient (Wildman–Crippen LogP) is 3.00. The van der Waals surface area contributed by atoms with Crippen molar-refractivity contribution >= 4 is 11.7 Å². The van der Waals surface area contributed by atoms with Gasteiger partial charge in [0.15, 0.2) is 0 Å². The summed E-state index contributed by atoms with van der Waals surface area (Å²) in [5.41, 5.74) is 3.58. The Morgan fingerprint density at radius 3 is 2.91 bits per heavy atom. The van der Waals surface area contributed by atoms with Crippen LogP contribution < -0.4 is 10.6 Å². The Labute approximate surface area is 134 Å². The predicted molar refractivity (Wildman–Crippen MR) is 86.7 cm³/mol. The third-order valence-electron chi connectivity index (χ3n) is 4.05. The molecule has 0 aliphatic heterocycles. The number of fused-ring (bicyclic) bond motifs is 1. The Morgan fingerprint density at radius 2 is 2.09 bits per heavy atom. The average Bonchev–Trinajstić information content (AvgIpc) is 2.54. The Kier molecular flexibility index (Phi) is 4.57. The zero-order valence-corrected chi connectivity index (χ0v) is 12.7. The number of halogens is 1. The van der Waals surface area contributed by atoms with E-state index in [1.165, 1.54) is 17.7 Å². The normalized spacial score (nSPS) is 16.5. The molecule has 23 heavy (non-hydrogen) atoms. The van der Waals surface area contributed by atoms with Gasteiger partial charge in [-0.05, 0) is 47.7 Å². The van der Waals surface area contributed by atoms with E-state index in [1.54, 1.807) is 12.1 Å². The number of nitrogens with one attached hydrogen (secondary N) is 2. The van der Waals surface area contributed by atoms with E-state index in [4.69, 9.17) is 0 Å². The molecule has 0 spiro atoms. The number of amides is 2. The van der Waals surface area contributed by atoms with E-state index in [1.807, 2.05) is 18.2 Å². The number of hydrogen-bond donors (Lipinski definition) is 3. The molecule has 0 bridgehead atoms. The quantitative estimate of drug-likeness (QED) is 0.815. The second-order valence-electron chi connectivity index (χ2n) is 5.78. The molecule has 0 radical (unpaired) electrons. The molecule has 2 amide bonds. The monoisotopic (exact) mass is 314 g/mol. The molecule has 0 heterocycles. The van der Waals surface area contributed by atoms with E-state index in [0.717, 1.165) is 24.1 Å². The number of carbonyl (C=O) groups excluding carboxylic acids is 1. The van der Waals surface area contributed by atoms with Crippen molar-refractivity contribution in [3.63, 3.8) is 0 Å². The highest BCUT2D eigenvalue weighted by Crippen LogP contribution is 2.28. The Morgan fingerprint density at radius 1 is 1.26 bits per heavy atom. The van der Waals surface area contributed by atoms with E-state index in [0.29, 0.717) is 12.0 Å². The van der Waals surface area contributed by atoms with Crippen LogP contribution in [0.4, 0.5) is 14.9 Å². The fraction of sp³-hybridized carbons (Fsp3) is 0.278. The third-order valence-corrected chi connectivity index (χ3v) is 4.05. The first-order valence-electron chi connectivity index (χ1n) is 7.70. The molecule has 5 heteroatoms. The van der Waals surface area contributed by atoms with E-state index in [9.17, 15) is 14.3 Å². The molecule has 3 rings (SSSR count). The van der Waals surface area contributed by atoms with Gasteiger partial charge in [0, 0.05) is 18.7 Å². The maximum Gasteiger partial charge on any atom is 0.319 e. The number of urea groups is 1. The van der Waals surface area contributed by atoms with Crippen LogP contribution in [0.25, 0.3) is 0 Å². The highest BCUT2D eigenvalue weighted by Gasteiger charge is 2.19. The van der Waals surface area contributed by atoms with E-state index in [-0.39, 0.29) is 24.5 Å². The first kappa shape index (κ1) is 15.5. The Balaban J connectivity index is 1.64. The van der Waals surface area contributed by atoms with Gasteiger partial charge in [-0.25, -0.2) is 9.18 Å². The molecular weight excluding hydrogens is 295 g/mol. The summed E-state index contributed by atoms with van der Waals surface area (Å²) in [4.78, 5) is 12.1. The lowest BCUT2D eigenvalue weighted by Gasteiger charge is -2.23. The number of aliphatic hydroxyl groups is 1. The van der Waals surface area contributed by atoms with Crippen LogP contribution in [0.2, 0.25) is 0 Å². The Bertz CT molecular complexity index is 718. The van der Waals surface area contributed by atoms with Crippen LogP contribution in [-0.4, -0.2) is 17.2 Å². The Hall–Kier alpha value is -2.40. The van der Waals surface area contributed by atoms with Crippen LogP contribution in [0, 0.1) is 5.82 Å². The molecule has 3 N–H and O–H groups in total. The molecule has 4 nitrogen and oxygen atoms in total. The van der Waals surface area contributed by atoms with Crippen LogP contribution >= 0.6 is 0 Å². The summed E-state index contributed by atoms with van der Waals surface area (Å²) in [5, 5.41) is 15.4. The van der Waals surface area contributed by atoms with Crippen LogP contribution in [0.3, 0.4) is 0 Å². The number of hydrogen-bond acceptors (Lipinski definition) is 2. The molecular formula is C18H19FN2O2. The van der Waals surface area contributed by atoms with Crippen molar-refractivity contribution in [2.75, 3.05) is 5.32 Å². The smallest absolute Gasteiger partial charge is 0.319 e. The second kappa shape index (κ2) is 6.79. The number of aryl methyl sites for hydroxylation is 1. The average molecular weight is 314 g/mol. The first-order chi connectivity index (χ1) is 11.1. The van der Waals surface area contributed by atoms with Gasteiger partial charge in [0.05, 0.1) is 6.10 Å². The molecule has 1 unspecified atom stereocenters. The minimum atomic E-state index is -0.360. The van der Waals surface area contributed by atoms with Crippen LogP contribution in [0.15, 0.2) is 42.5 Å². The van der Waals surface area contributed by atoms with Gasteiger partial charge in [0.1, 0.15) is 5.82 Å². The molecule has 0 aromatic heterocycles. The summed E-state index contributed by atoms with van der Waals surface area (Å²) in [6.07, 6.45) is 1.76. The maximum atomic E-state index is 13.1. The highest BCUT2D eigenvalue weighted by molar-refractivity contribution is 5.90. The number of aliphatic hydroxyl groups excluding tert-OH is 1. The van der Waals surface area contributed by atoms with Gasteiger partial charge in [-0.1, -0.05) is 24.3 Å². The zero-order chi connectivity index (χ0) is 16.2. The fourth-order valence-corrected chi connectivity index (χ4v) is 2.88. The lowest BCUT2D eigenvalue weighted by molar-refractivity contribution is 0.159. The summed E-state index contributed by atoms with van der Waals surface area (Å²) in [7, 11) is 0. The van der Waals surface area contributed by atoms with Crippen LogP contribution in [-0.2, 0) is 19.4 Å². The zero-order valence-electron chi connectivity index (χ0n) is 12.7. The van der Waals surface area contributed by atoms with Gasteiger partial charge < -0.3 is 15.7 Å². The van der Waals surface area contributed by atoms with Crippen molar-refractivity contribution < 1.29 is 14.3 Å². The summed E-state index contributed by atoms with van der Waals surface area (Å²) < 4.78 is 13.1. The number of carbonyl (C=O) groups is 1. The SMILES string of the molecule is O=C(NCc1cccc(F)c1)Nc1cccc2c1CC(O)CC2. The van der Waals surface area contributed by atoms with Crippen molar-refractivity contribution in [3.8, 4) is 0 Å². The largest absolute Gasteiger partial charge is 0.393 e. The molecule has 2 aromatic rings. The van der Waals surface area contributed by atoms with Crippen molar-refractivity contribution in [2.24, 2.45) is 0 Å². The standard InChI is InChI=1S/C18H19FN2O2/c19-14-5-1-3-12(9-14)11-20-18(23)21-17-6-2-4-13-7-8-15(22)10-16(13)17/h1-6,9,15,22H,7-8,10-11H2,(H2,20,21,23). The first-order valence-corrected chi connectivity index (χ1v) is 7.70. The van der Waals surface area contributed by atoms with E-state index >= 15 is 0 Å². The fourth-order valence-electron chi connectivity index (χ4n) is 2.88. The van der Waals surface area contributed by atoms with Gasteiger partial charge in [0.2, 0.25) is 0 Å². The topological polar surface area (TPSA) is 61.4 Å². The summed E-state index contributed by atoms with van der Waals surface area (Å²) in [6.45, 7) is 0.251. The van der Waals surface area contributed by atoms with Crippen LogP contribution in [0.1, 0.15) is 23.1 Å². The molecule has 0 saturated carbocycles. The molecule has 0 saturated heterocycles. The molecule has 2 aromatic carbocycles. The molecule has 120 valence electrons. The highest BCUT2D eigenvalue weighted by atomic mass is 19.1. The minimum absolute atomic E-state index is 0.251. The third kappa shape index (κ3) is 3.87. The lowest BCUT2D eigenvalue weighted by atomic mass is 9.88. The van der Waals surface area contributed by atoms with Gasteiger partial charge in [-0.2, -0.15) is 0 Å². The van der Waals surface area contributed by atoms with Crippen molar-refractivity contribution in [1.29, 1.82) is 0 Å². The maximum absolute atomic E-state index is 13.1. The molecule has 1 atom stereocenters. The van der Waals surface area contributed by atoms with Crippen LogP contribution in [0.5, 0.6) is 0 Å². The van der Waals surface area contributed by atoms with E-state index in [2.05, 4.69) is 10.6 Å². The summed E-state index contributed by atoms with van der Waals surface area (Å²) >= 11 is 0. The van der Waals surface area contributed by atoms with Gasteiger partial charge in [-0.15, -0.1) is 0 Å². The molecule has 0 fully saturated rings. The van der Waals surface area contributed by atoms with E-state index < -0.39 is 0 Å². The lowest BCUT2D eigenvalue weighted by Crippen LogP contribution is -2.29. The van der Waals surface area contributed by atoms with Crippen molar-refractivity contribution in [1.82, 2.24) is 5.32 Å². The van der Waals surface area contributed by atoms with Gasteiger partial charge in [0.25, 0.3) is 0 Å². The second-order valence-corrected chi connectivity index (χ2v) is 5.78. The van der Waals surface area contributed by atoms with Crippen molar-refractivity contribution in [3.05, 3.63) is 65.0 Å². The number of anilines is 1. The molecule has 1 aliphatic rings. The summed E-state index contributed by atoms with van der Waals surface area (Å²) in [5.74, 6) is -0.323. The minimum Gasteiger partial charge on any atom is -0.393 e. The van der Waals surface area contributed by atoms with Gasteiger partial charge >= 0.3 is 6.03 Å². The van der Waals surface area contributed by atoms with Gasteiger partial charge in [-0.3, -0.25) is 0 Å². The number of rotatable bonds is 3. The number of benzene rings is 2. The summed E-state index contributed by atoms with van der Waals surface area (Å²) in [6, 6.07) is 11.5. The molecule has 1 aliphatic carbocycles.